The number of rotatable bonds is 5. The standard InChI is InChI=1S/C24H24N2O4S2/c1-13(2)29-23(28)20-15(4)25-24-26(21(20)16-7-10-18(31-5)11-8-16)22(27)19(32-24)12-17-9-6-14(3)30-17/h6-13,21H,1-5H3/b19-12+/t21-/m0/s1. The Morgan fingerprint density at radius 3 is 2.53 bits per heavy atom. The first-order valence-corrected chi connectivity index (χ1v) is 12.3. The number of hydrogen-bond donors (Lipinski definition) is 0. The van der Waals surface area contributed by atoms with E-state index in [1.807, 2.05) is 49.6 Å². The Morgan fingerprint density at radius 2 is 1.94 bits per heavy atom. The quantitative estimate of drug-likeness (QED) is 0.421. The highest BCUT2D eigenvalue weighted by Gasteiger charge is 2.33. The summed E-state index contributed by atoms with van der Waals surface area (Å²) in [4.78, 5) is 32.8. The molecule has 0 radical (unpaired) electrons. The fourth-order valence-corrected chi connectivity index (χ4v) is 5.06. The maximum absolute atomic E-state index is 13.5. The molecule has 0 unspecified atom stereocenters. The van der Waals surface area contributed by atoms with E-state index >= 15 is 0 Å². The lowest BCUT2D eigenvalue weighted by Crippen LogP contribution is -2.40. The maximum Gasteiger partial charge on any atom is 0.338 e. The van der Waals surface area contributed by atoms with Gasteiger partial charge in [-0.05, 0) is 63.8 Å². The summed E-state index contributed by atoms with van der Waals surface area (Å²) < 4.78 is 13.2. The van der Waals surface area contributed by atoms with Crippen LogP contribution >= 0.6 is 23.1 Å². The van der Waals surface area contributed by atoms with Crippen LogP contribution in [0.2, 0.25) is 0 Å². The number of allylic oxidation sites excluding steroid dienone is 1. The van der Waals surface area contributed by atoms with Crippen molar-refractivity contribution in [1.82, 2.24) is 4.57 Å². The van der Waals surface area contributed by atoms with Crippen molar-refractivity contribution in [2.75, 3.05) is 6.26 Å². The van der Waals surface area contributed by atoms with Crippen molar-refractivity contribution < 1.29 is 13.9 Å². The first-order valence-electron chi connectivity index (χ1n) is 10.2. The third kappa shape index (κ3) is 4.25. The molecule has 6 nitrogen and oxygen atoms in total. The molecule has 3 heterocycles. The highest BCUT2D eigenvalue weighted by molar-refractivity contribution is 7.98. The van der Waals surface area contributed by atoms with Gasteiger partial charge in [0.25, 0.3) is 5.56 Å². The molecule has 1 aliphatic heterocycles. The Labute approximate surface area is 193 Å². The van der Waals surface area contributed by atoms with E-state index in [0.29, 0.717) is 26.4 Å². The van der Waals surface area contributed by atoms with Crippen molar-refractivity contribution in [3.8, 4) is 0 Å². The second-order valence-corrected chi connectivity index (χ2v) is 9.65. The van der Waals surface area contributed by atoms with E-state index < -0.39 is 12.0 Å². The molecule has 0 bridgehead atoms. The molecule has 3 aromatic rings. The lowest BCUT2D eigenvalue weighted by atomic mass is 9.96. The Hall–Kier alpha value is -2.84. The Morgan fingerprint density at radius 1 is 1.22 bits per heavy atom. The molecule has 0 aliphatic carbocycles. The molecular formula is C24H24N2O4S2. The minimum atomic E-state index is -0.617. The van der Waals surface area contributed by atoms with Crippen LogP contribution in [0, 0.1) is 6.92 Å². The summed E-state index contributed by atoms with van der Waals surface area (Å²) in [6.07, 6.45) is 3.44. The summed E-state index contributed by atoms with van der Waals surface area (Å²) in [5.41, 5.74) is 1.54. The summed E-state index contributed by atoms with van der Waals surface area (Å²) in [7, 11) is 0. The first kappa shape index (κ1) is 22.4. The van der Waals surface area contributed by atoms with Crippen molar-refractivity contribution >= 4 is 35.1 Å². The number of ether oxygens (including phenoxy) is 1. The van der Waals surface area contributed by atoms with E-state index in [4.69, 9.17) is 9.15 Å². The number of aromatic nitrogens is 1. The molecule has 0 saturated carbocycles. The molecule has 0 spiro atoms. The second-order valence-electron chi connectivity index (χ2n) is 7.76. The van der Waals surface area contributed by atoms with Gasteiger partial charge in [-0.15, -0.1) is 11.8 Å². The zero-order valence-electron chi connectivity index (χ0n) is 18.5. The Kier molecular flexibility index (Phi) is 6.26. The van der Waals surface area contributed by atoms with E-state index in [-0.39, 0.29) is 11.7 Å². The molecule has 0 saturated heterocycles. The molecule has 1 atom stereocenters. The van der Waals surface area contributed by atoms with Crippen molar-refractivity contribution in [3.63, 3.8) is 0 Å². The van der Waals surface area contributed by atoms with E-state index in [1.54, 1.807) is 43.2 Å². The van der Waals surface area contributed by atoms with Crippen molar-refractivity contribution in [3.05, 3.63) is 84.4 Å². The van der Waals surface area contributed by atoms with Gasteiger partial charge < -0.3 is 9.15 Å². The van der Waals surface area contributed by atoms with E-state index in [2.05, 4.69) is 4.99 Å². The number of aryl methyl sites for hydroxylation is 1. The van der Waals surface area contributed by atoms with Gasteiger partial charge in [0.2, 0.25) is 0 Å². The minimum absolute atomic E-state index is 0.218. The second kappa shape index (κ2) is 8.96. The first-order chi connectivity index (χ1) is 15.3. The normalized spacial score (nSPS) is 16.3. The Bertz CT molecular complexity index is 1370. The smallest absolute Gasteiger partial charge is 0.338 e. The van der Waals surface area contributed by atoms with Gasteiger partial charge in [0.15, 0.2) is 4.80 Å². The average Bonchev–Trinajstić information content (AvgIpc) is 3.29. The van der Waals surface area contributed by atoms with Crippen LogP contribution in [0.1, 0.15) is 43.9 Å². The number of furan rings is 1. The monoisotopic (exact) mass is 468 g/mol. The van der Waals surface area contributed by atoms with Crippen molar-refractivity contribution in [1.29, 1.82) is 0 Å². The van der Waals surface area contributed by atoms with Gasteiger partial charge in [-0.25, -0.2) is 9.79 Å². The molecule has 4 rings (SSSR count). The fraction of sp³-hybridized carbons (Fsp3) is 0.292. The summed E-state index contributed by atoms with van der Waals surface area (Å²) in [6.45, 7) is 7.24. The van der Waals surface area contributed by atoms with Crippen LogP contribution in [-0.2, 0) is 9.53 Å². The zero-order valence-corrected chi connectivity index (χ0v) is 20.2. The van der Waals surface area contributed by atoms with Crippen LogP contribution in [0.5, 0.6) is 0 Å². The molecule has 32 heavy (non-hydrogen) atoms. The zero-order chi connectivity index (χ0) is 23.0. The van der Waals surface area contributed by atoms with Gasteiger partial charge in [0.1, 0.15) is 11.5 Å². The lowest BCUT2D eigenvalue weighted by molar-refractivity contribution is -0.143. The van der Waals surface area contributed by atoms with Gasteiger partial charge in [-0.1, -0.05) is 23.5 Å². The van der Waals surface area contributed by atoms with Crippen molar-refractivity contribution in [2.45, 2.75) is 44.7 Å². The number of hydrogen-bond acceptors (Lipinski definition) is 7. The van der Waals surface area contributed by atoms with Crippen LogP contribution in [-0.4, -0.2) is 22.9 Å². The SMILES string of the molecule is CSc1ccc([C@H]2C(C(=O)OC(C)C)=C(C)N=c3s/c(=C/c4ccc(C)o4)c(=O)n32)cc1. The van der Waals surface area contributed by atoms with Crippen LogP contribution in [0.15, 0.2) is 66.8 Å². The highest BCUT2D eigenvalue weighted by atomic mass is 32.2. The topological polar surface area (TPSA) is 73.8 Å². The number of nitrogens with zero attached hydrogens (tertiary/aromatic N) is 2. The number of esters is 1. The van der Waals surface area contributed by atoms with E-state index in [1.165, 1.54) is 11.3 Å². The lowest BCUT2D eigenvalue weighted by Gasteiger charge is -2.25. The van der Waals surface area contributed by atoms with Crippen LogP contribution in [0.3, 0.4) is 0 Å². The number of carbonyl (C=O) groups excluding carboxylic acids is 1. The number of thiazole rings is 1. The maximum atomic E-state index is 13.5. The molecule has 0 fully saturated rings. The van der Waals surface area contributed by atoms with Crippen LogP contribution < -0.4 is 14.9 Å². The van der Waals surface area contributed by atoms with Gasteiger partial charge in [0, 0.05) is 11.0 Å². The number of benzene rings is 1. The predicted molar refractivity (Wildman–Crippen MR) is 127 cm³/mol. The molecular weight excluding hydrogens is 444 g/mol. The van der Waals surface area contributed by atoms with E-state index in [0.717, 1.165) is 16.2 Å². The summed E-state index contributed by atoms with van der Waals surface area (Å²) in [6, 6.07) is 10.9. The summed E-state index contributed by atoms with van der Waals surface area (Å²) in [5.74, 6) is 0.908. The summed E-state index contributed by atoms with van der Waals surface area (Å²) in [5, 5.41) is 0. The number of carbonyl (C=O) groups is 1. The van der Waals surface area contributed by atoms with Crippen LogP contribution in [0.4, 0.5) is 0 Å². The molecule has 1 aromatic carbocycles. The molecule has 0 amide bonds. The Balaban J connectivity index is 1.93. The molecule has 2 aromatic heterocycles. The van der Waals surface area contributed by atoms with Gasteiger partial charge in [-0.2, -0.15) is 0 Å². The number of fused-ring (bicyclic) bond motifs is 1. The third-order valence-corrected chi connectivity index (χ3v) is 6.78. The van der Waals surface area contributed by atoms with Gasteiger partial charge in [-0.3, -0.25) is 9.36 Å². The molecule has 1 aliphatic rings. The average molecular weight is 469 g/mol. The number of thioether (sulfide) groups is 1. The largest absolute Gasteiger partial charge is 0.462 e. The minimum Gasteiger partial charge on any atom is -0.462 e. The van der Waals surface area contributed by atoms with Crippen LogP contribution in [0.25, 0.3) is 6.08 Å². The van der Waals surface area contributed by atoms with Gasteiger partial charge >= 0.3 is 5.97 Å². The predicted octanol–water partition coefficient (Wildman–Crippen LogP) is 3.81. The van der Waals surface area contributed by atoms with Gasteiger partial charge in [0.05, 0.1) is 27.9 Å². The fourth-order valence-electron chi connectivity index (χ4n) is 3.62. The molecule has 8 heteroatoms. The molecule has 166 valence electrons. The molecule has 0 N–H and O–H groups in total. The third-order valence-electron chi connectivity index (χ3n) is 5.05. The van der Waals surface area contributed by atoms with Crippen molar-refractivity contribution in [2.24, 2.45) is 4.99 Å². The summed E-state index contributed by atoms with van der Waals surface area (Å²) >= 11 is 2.91. The van der Waals surface area contributed by atoms with E-state index in [9.17, 15) is 9.59 Å². The highest BCUT2D eigenvalue weighted by Crippen LogP contribution is 2.32.